The molecule has 0 aliphatic carbocycles. The molecule has 0 unspecified atom stereocenters. The van der Waals surface area contributed by atoms with Crippen molar-refractivity contribution in [2.24, 2.45) is 20.5 Å². The zero-order valence-electron chi connectivity index (χ0n) is 23.6. The van der Waals surface area contributed by atoms with E-state index in [0.717, 1.165) is 36.4 Å². The Bertz CT molecular complexity index is 2030. The van der Waals surface area contributed by atoms with Gasteiger partial charge in [0.15, 0.2) is 9.84 Å². The molecule has 0 fully saturated rings. The van der Waals surface area contributed by atoms with Gasteiger partial charge in [-0.15, -0.1) is 15.3 Å². The average molecular weight is 731 g/mol. The maximum Gasteiger partial charge on any atom is 1.00 e. The predicted octanol–water partition coefficient (Wildman–Crippen LogP) is -7.25. The van der Waals surface area contributed by atoms with Crippen LogP contribution in [0.5, 0.6) is 0 Å². The van der Waals surface area contributed by atoms with Crippen LogP contribution in [0.1, 0.15) is 0 Å². The monoisotopic (exact) mass is 730 g/mol. The Hall–Kier alpha value is -0.900. The van der Waals surface area contributed by atoms with Crippen molar-refractivity contribution >= 4 is 74.6 Å². The largest absolute Gasteiger partial charge is 1.00 e. The molecule has 3 aromatic rings. The van der Waals surface area contributed by atoms with Crippen LogP contribution in [0, 0.1) is 0 Å². The number of nitrogens with zero attached hydrogens (tertiary/aromatic N) is 4. The summed E-state index contributed by atoms with van der Waals surface area (Å²) in [7, 11) is -19.4. The van der Waals surface area contributed by atoms with E-state index in [2.05, 4.69) is 24.6 Å². The Morgan fingerprint density at radius 2 is 1.18 bits per heavy atom. The van der Waals surface area contributed by atoms with Crippen LogP contribution < -0.4 is 100 Å². The summed E-state index contributed by atoms with van der Waals surface area (Å²) in [6.07, 6.45) is 0. The molecule has 45 heavy (non-hydrogen) atoms. The minimum atomic E-state index is -5.25. The van der Waals surface area contributed by atoms with Gasteiger partial charge in [0.1, 0.15) is 37.3 Å². The Balaban J connectivity index is 0.00000645. The van der Waals surface area contributed by atoms with E-state index >= 15 is 0 Å². The number of rotatable bonds is 11. The van der Waals surface area contributed by atoms with Crippen molar-refractivity contribution in [2.45, 2.75) is 14.7 Å². The molecule has 0 aromatic heterocycles. The van der Waals surface area contributed by atoms with Crippen LogP contribution in [0.3, 0.4) is 0 Å². The first kappa shape index (κ1) is 44.1. The first-order chi connectivity index (χ1) is 19.3. The predicted molar refractivity (Wildman–Crippen MR) is 140 cm³/mol. The SMILES string of the molecule is Nc1c(N=Nc2ccccc2S(=O)(=O)[O-])cc(S(=O)(=O)[O-])c(N)c1N=Nc1ccc(S(=O)(=O)CCOS(=O)(=O)[O-])cc1.[Na+].[Na+].[Na+]. The summed E-state index contributed by atoms with van der Waals surface area (Å²) in [5.74, 6) is -0.832. The zero-order valence-corrected chi connectivity index (χ0v) is 32.9. The minimum absolute atomic E-state index is 0. The molecular weight excluding hydrogens is 713 g/mol. The molecule has 0 aliphatic rings. The number of hydrogen-bond acceptors (Lipinski definition) is 18. The molecule has 4 N–H and O–H groups in total. The number of benzene rings is 3. The first-order valence-corrected chi connectivity index (χ1v) is 16.6. The van der Waals surface area contributed by atoms with Crippen molar-refractivity contribution in [3.05, 3.63) is 54.6 Å². The van der Waals surface area contributed by atoms with Gasteiger partial charge in [-0.3, -0.25) is 4.18 Å². The molecule has 3 aromatic carbocycles. The van der Waals surface area contributed by atoms with Crippen LogP contribution in [0.2, 0.25) is 0 Å². The van der Waals surface area contributed by atoms with Crippen molar-refractivity contribution in [2.75, 3.05) is 23.8 Å². The summed E-state index contributed by atoms with van der Waals surface area (Å²) < 4.78 is 130. The van der Waals surface area contributed by atoms with E-state index in [0.29, 0.717) is 6.07 Å². The fourth-order valence-corrected chi connectivity index (χ4v) is 5.82. The van der Waals surface area contributed by atoms with Crippen molar-refractivity contribution in [1.29, 1.82) is 0 Å². The zero-order chi connectivity index (χ0) is 31.5. The molecule has 0 spiro atoms. The number of nitrogens with two attached hydrogens (primary N) is 2. The molecular formula is C20H17N6Na3O12S4. The van der Waals surface area contributed by atoms with Gasteiger partial charge in [-0.2, -0.15) is 5.11 Å². The third-order valence-corrected chi connectivity index (χ3v) is 8.94. The summed E-state index contributed by atoms with van der Waals surface area (Å²) >= 11 is 0. The third-order valence-electron chi connectivity index (χ3n) is 5.03. The van der Waals surface area contributed by atoms with E-state index in [4.69, 9.17) is 11.5 Å². The Morgan fingerprint density at radius 3 is 1.71 bits per heavy atom. The van der Waals surface area contributed by atoms with Gasteiger partial charge >= 0.3 is 88.7 Å². The Morgan fingerprint density at radius 1 is 0.644 bits per heavy atom. The van der Waals surface area contributed by atoms with Gasteiger partial charge in [0.25, 0.3) is 0 Å². The van der Waals surface area contributed by atoms with Gasteiger partial charge in [-0.25, -0.2) is 33.7 Å². The van der Waals surface area contributed by atoms with Gasteiger partial charge in [0.05, 0.1) is 44.1 Å². The fraction of sp³-hybridized carbons (Fsp3) is 0.100. The summed E-state index contributed by atoms with van der Waals surface area (Å²) in [6, 6.07) is 9.72. The molecule has 0 radical (unpaired) electrons. The van der Waals surface area contributed by atoms with Gasteiger partial charge in [-0.05, 0) is 42.5 Å². The second-order valence-electron chi connectivity index (χ2n) is 7.89. The molecule has 0 bridgehead atoms. The Kier molecular flexibility index (Phi) is 17.1. The van der Waals surface area contributed by atoms with E-state index < -0.39 is 91.1 Å². The van der Waals surface area contributed by atoms with E-state index in [1.54, 1.807) is 0 Å². The van der Waals surface area contributed by atoms with Crippen LogP contribution >= 0.6 is 0 Å². The van der Waals surface area contributed by atoms with Gasteiger partial charge < -0.3 is 25.1 Å². The molecule has 18 nitrogen and oxygen atoms in total. The molecule has 0 atom stereocenters. The molecule has 3 rings (SSSR count). The molecule has 0 saturated carbocycles. The van der Waals surface area contributed by atoms with Gasteiger partial charge in [0, 0.05) is 0 Å². The van der Waals surface area contributed by atoms with E-state index in [-0.39, 0.29) is 99.3 Å². The molecule has 0 heterocycles. The van der Waals surface area contributed by atoms with E-state index in [1.807, 2.05) is 0 Å². The quantitative estimate of drug-likeness (QED) is 0.0609. The van der Waals surface area contributed by atoms with E-state index in [1.165, 1.54) is 12.1 Å². The normalized spacial score (nSPS) is 12.3. The van der Waals surface area contributed by atoms with Crippen molar-refractivity contribution in [3.63, 3.8) is 0 Å². The summed E-state index contributed by atoms with van der Waals surface area (Å²) in [5.41, 5.74) is 9.08. The van der Waals surface area contributed by atoms with Gasteiger partial charge in [-0.1, -0.05) is 12.1 Å². The molecule has 0 amide bonds. The molecule has 0 saturated heterocycles. The second-order valence-corrected chi connectivity index (χ2v) is 13.7. The summed E-state index contributed by atoms with van der Waals surface area (Å²) in [5, 5.41) is 14.8. The molecule has 25 heteroatoms. The Labute approximate surface area is 324 Å². The second kappa shape index (κ2) is 17.5. The van der Waals surface area contributed by atoms with Crippen molar-refractivity contribution in [1.82, 2.24) is 0 Å². The van der Waals surface area contributed by atoms with Gasteiger partial charge in [0.2, 0.25) is 10.4 Å². The van der Waals surface area contributed by atoms with Crippen LogP contribution in [0.15, 0.2) is 89.7 Å². The number of hydrogen-bond donors (Lipinski definition) is 2. The average Bonchev–Trinajstić information content (AvgIpc) is 2.86. The van der Waals surface area contributed by atoms with E-state index in [9.17, 15) is 47.3 Å². The fourth-order valence-electron chi connectivity index (χ4n) is 3.11. The third kappa shape index (κ3) is 12.6. The molecule has 0 aliphatic heterocycles. The maximum absolute atomic E-state index is 12.3. The smallest absolute Gasteiger partial charge is 0.744 e. The summed E-state index contributed by atoms with van der Waals surface area (Å²) in [6.45, 7) is -0.912. The number of sulfone groups is 1. The number of azo groups is 2. The van der Waals surface area contributed by atoms with Crippen molar-refractivity contribution < 1.29 is 140 Å². The summed E-state index contributed by atoms with van der Waals surface area (Å²) in [4.78, 5) is -2.06. The first-order valence-electron chi connectivity index (χ1n) is 10.8. The topological polar surface area (TPSA) is 316 Å². The number of anilines is 2. The molecule has 226 valence electrons. The minimum Gasteiger partial charge on any atom is -0.744 e. The number of nitrogen functional groups attached to an aromatic ring is 2. The van der Waals surface area contributed by atoms with Crippen LogP contribution in [-0.4, -0.2) is 59.7 Å². The maximum atomic E-state index is 12.3. The van der Waals surface area contributed by atoms with Crippen molar-refractivity contribution in [3.8, 4) is 0 Å². The van der Waals surface area contributed by atoms with Crippen LogP contribution in [0.25, 0.3) is 0 Å². The standard InChI is InChI=1S/C20H20N6O12S4.3Na/c21-18-15(25-24-14-3-1-2-4-16(14)40(29,30)31)11-17(41(32,33)34)19(22)20(18)26-23-12-5-7-13(8-6-12)39(27,28)10-9-38-42(35,36)37;;;/h1-8,11H,9-10,21-22H2,(H,29,30,31)(H,32,33,34)(H,35,36,37);;;/q;3*+1/p-3. The van der Waals surface area contributed by atoms with Crippen LogP contribution in [0.4, 0.5) is 34.1 Å². The van der Waals surface area contributed by atoms with Crippen LogP contribution in [-0.2, 0) is 44.7 Å².